The molecule has 0 aliphatic carbocycles. The van der Waals surface area contributed by atoms with E-state index in [-0.39, 0.29) is 6.79 Å². The maximum atomic E-state index is 5.44. The van der Waals surface area contributed by atoms with Crippen LogP contribution in [0.4, 0.5) is 5.69 Å². The van der Waals surface area contributed by atoms with Gasteiger partial charge in [-0.15, -0.1) is 0 Å². The van der Waals surface area contributed by atoms with Crippen molar-refractivity contribution in [1.29, 1.82) is 0 Å². The van der Waals surface area contributed by atoms with E-state index in [4.69, 9.17) is 9.47 Å². The topological polar surface area (TPSA) is 30.5 Å². The summed E-state index contributed by atoms with van der Waals surface area (Å²) in [4.78, 5) is 0. The maximum absolute atomic E-state index is 5.44. The molecule has 0 aromatic heterocycles. The van der Waals surface area contributed by atoms with Crippen LogP contribution in [0.3, 0.4) is 0 Å². The van der Waals surface area contributed by atoms with Crippen LogP contribution in [0.15, 0.2) is 37.7 Å². The van der Waals surface area contributed by atoms with Crippen LogP contribution in [-0.2, 0) is 6.54 Å². The van der Waals surface area contributed by atoms with E-state index in [1.54, 1.807) is 0 Å². The fraction of sp³-hybridized carbons (Fsp3) is 0.200. The molecular weight excluding hydrogens is 466 g/mol. The molecule has 0 saturated carbocycles. The van der Waals surface area contributed by atoms with Crippen LogP contribution in [-0.4, -0.2) is 6.79 Å². The summed E-state index contributed by atoms with van der Waals surface area (Å²) in [5, 5.41) is 3.43. The first-order valence-corrected chi connectivity index (χ1v) is 8.70. The van der Waals surface area contributed by atoms with Gasteiger partial charge in [-0.2, -0.15) is 0 Å². The summed E-state index contributed by atoms with van der Waals surface area (Å²) in [5.41, 5.74) is 3.35. The summed E-state index contributed by atoms with van der Waals surface area (Å²) >= 11 is 10.7. The summed E-state index contributed by atoms with van der Waals surface area (Å²) in [6.45, 7) is 3.03. The lowest BCUT2D eigenvalue weighted by Gasteiger charge is -2.12. The van der Waals surface area contributed by atoms with E-state index < -0.39 is 0 Å². The fourth-order valence-corrected chi connectivity index (χ4v) is 4.48. The number of hydrogen-bond acceptors (Lipinski definition) is 3. The van der Waals surface area contributed by atoms with Gasteiger partial charge in [0.25, 0.3) is 0 Å². The van der Waals surface area contributed by atoms with Crippen LogP contribution in [0.5, 0.6) is 11.5 Å². The molecule has 3 rings (SSSR count). The Morgan fingerprint density at radius 1 is 1.00 bits per heavy atom. The lowest BCUT2D eigenvalue weighted by molar-refractivity contribution is 0.173. The zero-order valence-electron chi connectivity index (χ0n) is 11.2. The Morgan fingerprint density at radius 3 is 2.43 bits per heavy atom. The minimum absolute atomic E-state index is 0.278. The van der Waals surface area contributed by atoms with Crippen molar-refractivity contribution in [2.45, 2.75) is 13.5 Å². The molecule has 1 heterocycles. The Balaban J connectivity index is 1.81. The lowest BCUT2D eigenvalue weighted by atomic mass is 10.2. The molecule has 2 aromatic rings. The first-order chi connectivity index (χ1) is 10.0. The second kappa shape index (κ2) is 6.18. The molecule has 0 radical (unpaired) electrons. The van der Waals surface area contributed by atoms with Crippen LogP contribution in [0.25, 0.3) is 0 Å². The van der Waals surface area contributed by atoms with Crippen LogP contribution in [0.1, 0.15) is 11.1 Å². The van der Waals surface area contributed by atoms with Crippen molar-refractivity contribution in [3.05, 3.63) is 48.8 Å². The van der Waals surface area contributed by atoms with Gasteiger partial charge in [-0.05, 0) is 90.1 Å². The molecule has 6 heteroatoms. The number of aryl methyl sites for hydroxylation is 1. The van der Waals surface area contributed by atoms with Gasteiger partial charge in [0.15, 0.2) is 11.5 Å². The van der Waals surface area contributed by atoms with Crippen molar-refractivity contribution >= 4 is 53.5 Å². The average Bonchev–Trinajstić information content (AvgIpc) is 2.86. The summed E-state index contributed by atoms with van der Waals surface area (Å²) in [6.07, 6.45) is 0. The Morgan fingerprint density at radius 2 is 1.71 bits per heavy atom. The van der Waals surface area contributed by atoms with Gasteiger partial charge in [0.2, 0.25) is 6.79 Å². The maximum Gasteiger partial charge on any atom is 0.231 e. The number of benzene rings is 2. The molecule has 110 valence electrons. The second-order valence-electron chi connectivity index (χ2n) is 4.77. The van der Waals surface area contributed by atoms with Gasteiger partial charge in [0.1, 0.15) is 0 Å². The number of halogens is 3. The molecule has 3 nitrogen and oxygen atoms in total. The molecule has 0 saturated heterocycles. The molecule has 1 aliphatic heterocycles. The van der Waals surface area contributed by atoms with Gasteiger partial charge in [-0.3, -0.25) is 0 Å². The van der Waals surface area contributed by atoms with Crippen molar-refractivity contribution in [3.8, 4) is 11.5 Å². The smallest absolute Gasteiger partial charge is 0.231 e. The van der Waals surface area contributed by atoms with Crippen molar-refractivity contribution in [2.24, 2.45) is 0 Å². The Labute approximate surface area is 148 Å². The number of hydrogen-bond donors (Lipinski definition) is 1. The number of rotatable bonds is 3. The van der Waals surface area contributed by atoms with E-state index in [2.05, 4.69) is 72.2 Å². The van der Waals surface area contributed by atoms with Crippen molar-refractivity contribution in [1.82, 2.24) is 0 Å². The van der Waals surface area contributed by atoms with Gasteiger partial charge in [0.05, 0.1) is 10.2 Å². The zero-order valence-corrected chi connectivity index (χ0v) is 15.9. The molecular formula is C15H12Br3NO2. The second-order valence-corrected chi connectivity index (χ2v) is 7.33. The third-order valence-electron chi connectivity index (χ3n) is 3.14. The highest BCUT2D eigenvalue weighted by molar-refractivity contribution is 9.11. The molecule has 0 amide bonds. The number of anilines is 1. The monoisotopic (exact) mass is 475 g/mol. The predicted octanol–water partition coefficient (Wildman–Crippen LogP) is 5.62. The lowest BCUT2D eigenvalue weighted by Crippen LogP contribution is -2.01. The van der Waals surface area contributed by atoms with Crippen LogP contribution < -0.4 is 14.8 Å². The Hall–Kier alpha value is -0.720. The first-order valence-electron chi connectivity index (χ1n) is 6.32. The highest BCUT2D eigenvalue weighted by Gasteiger charge is 2.18. The van der Waals surface area contributed by atoms with Crippen LogP contribution in [0.2, 0.25) is 0 Å². The van der Waals surface area contributed by atoms with Gasteiger partial charge in [-0.1, -0.05) is 0 Å². The third kappa shape index (κ3) is 3.22. The normalized spacial score (nSPS) is 12.6. The van der Waals surface area contributed by atoms with Crippen LogP contribution in [0, 0.1) is 6.92 Å². The van der Waals surface area contributed by atoms with Crippen molar-refractivity contribution in [2.75, 3.05) is 12.1 Å². The van der Waals surface area contributed by atoms with Crippen LogP contribution >= 0.6 is 47.8 Å². The van der Waals surface area contributed by atoms with Gasteiger partial charge in [-0.25, -0.2) is 0 Å². The van der Waals surface area contributed by atoms with E-state index >= 15 is 0 Å². The molecule has 1 N–H and O–H groups in total. The molecule has 0 fully saturated rings. The molecule has 0 atom stereocenters. The molecule has 21 heavy (non-hydrogen) atoms. The van der Waals surface area contributed by atoms with Gasteiger partial charge < -0.3 is 14.8 Å². The SMILES string of the molecule is Cc1cc(Br)c(NCc2cc(Br)c3c(c2)OCO3)c(Br)c1. The number of nitrogens with one attached hydrogen (secondary N) is 1. The van der Waals surface area contributed by atoms with E-state index in [1.807, 2.05) is 12.1 Å². The third-order valence-corrected chi connectivity index (χ3v) is 4.98. The fourth-order valence-electron chi connectivity index (χ4n) is 2.18. The van der Waals surface area contributed by atoms with E-state index in [0.29, 0.717) is 6.54 Å². The largest absolute Gasteiger partial charge is 0.454 e. The summed E-state index contributed by atoms with van der Waals surface area (Å²) in [6, 6.07) is 8.21. The van der Waals surface area contributed by atoms with E-state index in [9.17, 15) is 0 Å². The minimum atomic E-state index is 0.278. The van der Waals surface area contributed by atoms with Gasteiger partial charge in [0, 0.05) is 15.5 Å². The molecule has 0 spiro atoms. The van der Waals surface area contributed by atoms with E-state index in [1.165, 1.54) is 5.56 Å². The Kier molecular flexibility index (Phi) is 4.47. The molecule has 1 aliphatic rings. The summed E-state index contributed by atoms with van der Waals surface area (Å²) in [7, 11) is 0. The van der Waals surface area contributed by atoms with Crippen molar-refractivity contribution in [3.63, 3.8) is 0 Å². The number of ether oxygens (including phenoxy) is 2. The number of fused-ring (bicyclic) bond motifs is 1. The highest BCUT2D eigenvalue weighted by Crippen LogP contribution is 2.40. The summed E-state index contributed by atoms with van der Waals surface area (Å²) < 4.78 is 13.8. The zero-order chi connectivity index (χ0) is 15.0. The Bertz CT molecular complexity index is 681. The molecule has 2 aromatic carbocycles. The standard InChI is InChI=1S/C15H12Br3NO2/c1-8-2-10(16)14(11(17)3-8)19-6-9-4-12(18)15-13(5-9)20-7-21-15/h2-5,19H,6-7H2,1H3. The van der Waals surface area contributed by atoms with E-state index in [0.717, 1.165) is 36.2 Å². The quantitative estimate of drug-likeness (QED) is 0.622. The summed E-state index contributed by atoms with van der Waals surface area (Å²) in [5.74, 6) is 1.56. The average molecular weight is 478 g/mol. The predicted molar refractivity (Wildman–Crippen MR) is 94.2 cm³/mol. The van der Waals surface area contributed by atoms with Gasteiger partial charge >= 0.3 is 0 Å². The van der Waals surface area contributed by atoms with Crippen molar-refractivity contribution < 1.29 is 9.47 Å². The minimum Gasteiger partial charge on any atom is -0.454 e. The molecule has 0 bridgehead atoms. The highest BCUT2D eigenvalue weighted by atomic mass is 79.9. The first kappa shape index (κ1) is 15.2. The molecule has 0 unspecified atom stereocenters.